The molecule has 2 aromatic rings. The van der Waals surface area contributed by atoms with Gasteiger partial charge in [0.15, 0.2) is 17.6 Å². The lowest BCUT2D eigenvalue weighted by atomic mass is 9.99. The highest BCUT2D eigenvalue weighted by Gasteiger charge is 2.50. The average Bonchev–Trinajstić information content (AvgIpc) is 3.88. The van der Waals surface area contributed by atoms with Crippen LogP contribution in [0.5, 0.6) is 11.5 Å². The number of hydrogen-bond acceptors (Lipinski definition) is 16. The molecule has 13 atom stereocenters. The molecule has 3 heterocycles. The lowest BCUT2D eigenvalue weighted by Gasteiger charge is -2.33. The Morgan fingerprint density at radius 1 is 0.770 bits per heavy atom. The molecule has 25 nitrogen and oxygen atoms in total. The number of aliphatic hydroxyl groups is 6. The highest BCUT2D eigenvalue weighted by atomic mass is 16.6. The van der Waals surface area contributed by atoms with Gasteiger partial charge in [0.1, 0.15) is 48.5 Å². The van der Waals surface area contributed by atoms with Crippen LogP contribution in [0.1, 0.15) is 58.6 Å². The predicted octanol–water partition coefficient (Wildman–Crippen LogP) is -2.52. The van der Waals surface area contributed by atoms with Crippen molar-refractivity contribution in [1.82, 2.24) is 36.4 Å². The Bertz CT molecular complexity index is 2430. The Kier molecular flexibility index (Phi) is 20.1. The van der Waals surface area contributed by atoms with Crippen LogP contribution in [0.15, 0.2) is 48.5 Å². The summed E-state index contributed by atoms with van der Waals surface area (Å²) in [5.74, 6) is -7.47. The number of ether oxygens (including phenoxy) is 3. The van der Waals surface area contributed by atoms with Gasteiger partial charge < -0.3 is 86.1 Å². The molecule has 3 aliphatic rings. The number of aliphatic hydroxyl groups excluding tert-OH is 6. The van der Waals surface area contributed by atoms with E-state index in [1.165, 1.54) is 45.9 Å². The number of alkyl carbamates (subject to hydrolysis) is 1. The quantitative estimate of drug-likeness (QED) is 0.0978. The maximum Gasteiger partial charge on any atom is 0.408 e. The first-order chi connectivity index (χ1) is 34.9. The minimum atomic E-state index is -2.08. The molecule has 3 saturated heterocycles. The van der Waals surface area contributed by atoms with Crippen LogP contribution in [0.25, 0.3) is 9.69 Å². The Hall–Kier alpha value is -7.13. The molecule has 11 N–H and O–H groups in total. The second-order valence-electron chi connectivity index (χ2n) is 19.5. The van der Waals surface area contributed by atoms with Gasteiger partial charge in [-0.15, -0.1) is 0 Å². The Morgan fingerprint density at radius 3 is 2.08 bits per heavy atom. The summed E-state index contributed by atoms with van der Waals surface area (Å²) >= 11 is 0. The second kappa shape index (κ2) is 25.7. The summed E-state index contributed by atoms with van der Waals surface area (Å²) in [6.07, 6.45) is -13.0. The lowest BCUT2D eigenvalue weighted by Crippen LogP contribution is -2.64. The van der Waals surface area contributed by atoms with Gasteiger partial charge in [-0.05, 0) is 51.0 Å². The number of nitrogens with zero attached hydrogens (tertiary/aromatic N) is 4. The second-order valence-corrected chi connectivity index (χ2v) is 19.5. The molecule has 0 saturated carbocycles. The zero-order chi connectivity index (χ0) is 54.6. The number of carbonyl (C=O) groups excluding carboxylic acids is 7. The average molecular weight is 1040 g/mol. The van der Waals surface area contributed by atoms with E-state index in [-0.39, 0.29) is 30.2 Å². The lowest BCUT2D eigenvalue weighted by molar-refractivity contribution is -0.147. The molecule has 3 fully saturated rings. The molecule has 0 aliphatic carbocycles. The smallest absolute Gasteiger partial charge is 0.408 e. The third kappa shape index (κ3) is 15.2. The van der Waals surface area contributed by atoms with Crippen LogP contribution in [0.4, 0.5) is 4.79 Å². The summed E-state index contributed by atoms with van der Waals surface area (Å²) < 4.78 is 16.9. The minimum Gasteiger partial charge on any atom is -0.485 e. The van der Waals surface area contributed by atoms with Gasteiger partial charge in [0, 0.05) is 44.8 Å². The summed E-state index contributed by atoms with van der Waals surface area (Å²) in [4.78, 5) is 107. The molecule has 2 aromatic carbocycles. The van der Waals surface area contributed by atoms with Gasteiger partial charge in [-0.1, -0.05) is 43.3 Å². The van der Waals surface area contributed by atoms with Gasteiger partial charge in [0.2, 0.25) is 42.0 Å². The highest BCUT2D eigenvalue weighted by molar-refractivity contribution is 5.98. The van der Waals surface area contributed by atoms with Crippen LogP contribution in [0.3, 0.4) is 0 Å². The van der Waals surface area contributed by atoms with Crippen molar-refractivity contribution in [3.63, 3.8) is 0 Å². The molecule has 74 heavy (non-hydrogen) atoms. The van der Waals surface area contributed by atoms with Crippen LogP contribution in [-0.2, 0) is 46.5 Å². The van der Waals surface area contributed by atoms with Crippen molar-refractivity contribution in [2.45, 2.75) is 139 Å². The zero-order valence-electron chi connectivity index (χ0n) is 41.5. The molecular weight excluding hydrogens is 971 g/mol. The van der Waals surface area contributed by atoms with E-state index in [1.54, 1.807) is 0 Å². The highest BCUT2D eigenvalue weighted by Crippen LogP contribution is 2.31. The van der Waals surface area contributed by atoms with E-state index < -0.39 is 172 Å². The topological polar surface area (TPSA) is 344 Å². The van der Waals surface area contributed by atoms with Gasteiger partial charge >= 0.3 is 12.8 Å². The number of hydrogen-bond donors (Lipinski definition) is 11. The summed E-state index contributed by atoms with van der Waals surface area (Å²) in [5, 5.41) is 79.3. The molecule has 25 heteroatoms. The molecular formula is C49H65N9O16. The van der Waals surface area contributed by atoms with E-state index in [9.17, 15) is 64.2 Å². The normalized spacial score (nSPS) is 27.7. The summed E-state index contributed by atoms with van der Waals surface area (Å²) in [5.41, 5.74) is -0.00253. The van der Waals surface area contributed by atoms with E-state index >= 15 is 0 Å². The molecule has 0 bridgehead atoms. The summed E-state index contributed by atoms with van der Waals surface area (Å²) in [6.45, 7) is 19.3. The van der Waals surface area contributed by atoms with Crippen molar-refractivity contribution < 1.29 is 78.4 Å². The number of carbonyl (C=O) groups is 7. The Morgan fingerprint density at radius 2 is 1.43 bits per heavy atom. The molecule has 0 radical (unpaired) electrons. The summed E-state index contributed by atoms with van der Waals surface area (Å²) in [6, 6.07) is 2.38. The molecule has 402 valence electrons. The first-order valence-corrected chi connectivity index (χ1v) is 23.9. The van der Waals surface area contributed by atoms with Gasteiger partial charge in [-0.2, -0.15) is 0 Å². The van der Waals surface area contributed by atoms with E-state index in [0.29, 0.717) is 0 Å². The van der Waals surface area contributed by atoms with Gasteiger partial charge in [-0.3, -0.25) is 33.6 Å². The molecule has 3 aliphatic heterocycles. The van der Waals surface area contributed by atoms with Gasteiger partial charge in [0.25, 0.3) is 0 Å². The number of fused-ring (bicyclic) bond motifs is 2. The zero-order valence-corrected chi connectivity index (χ0v) is 41.5. The largest absolute Gasteiger partial charge is 0.485 e. The summed E-state index contributed by atoms with van der Waals surface area (Å²) in [7, 11) is 0. The Balaban J connectivity index is 1.58. The van der Waals surface area contributed by atoms with Crippen molar-refractivity contribution in [3.8, 4) is 11.5 Å². The van der Waals surface area contributed by atoms with E-state index in [2.05, 4.69) is 36.3 Å². The van der Waals surface area contributed by atoms with Crippen molar-refractivity contribution in [2.75, 3.05) is 32.9 Å². The minimum absolute atomic E-state index is 0.0749. The first-order valence-electron chi connectivity index (χ1n) is 23.9. The number of amides is 7. The third-order valence-corrected chi connectivity index (χ3v) is 12.4. The van der Waals surface area contributed by atoms with E-state index in [4.69, 9.17) is 27.4 Å². The fourth-order valence-corrected chi connectivity index (χ4v) is 8.67. The molecule has 0 unspecified atom stereocenters. The predicted molar refractivity (Wildman–Crippen MR) is 258 cm³/mol. The van der Waals surface area contributed by atoms with Crippen molar-refractivity contribution in [1.29, 1.82) is 0 Å². The molecule has 7 amide bonds. The SMILES string of the molecule is [C-]#[N+]COc1cc(C[C@@H](O)[C@@H]2NC(=O)[C@@H]3C[C@@H](O)CN3C(=O)[C@H]([C@@H](C)O)NC(=O)[C@@H](NC(=O)OC(C)(C)C)C[C@@H](O)CNC(=O)[C@@H]3[C@@H](O)[C@@H](C)CN3C(=O)[C@H]([C@H](O)C[N+]#[C-])NC2=O)ccc1OCc1ccccc1. The monoisotopic (exact) mass is 1040 g/mol. The van der Waals surface area contributed by atoms with Crippen LogP contribution in [0, 0.1) is 19.1 Å². The Labute approximate surface area is 427 Å². The number of benzene rings is 2. The fourth-order valence-electron chi connectivity index (χ4n) is 8.67. The molecule has 5 rings (SSSR count). The van der Waals surface area contributed by atoms with Gasteiger partial charge in [0.05, 0.1) is 30.5 Å². The number of β-amino-alcohol motifs (C(OH)–C–C–N with tert-alkyl or cyclic N) is 1. The van der Waals surface area contributed by atoms with Crippen LogP contribution in [0.2, 0.25) is 0 Å². The fraction of sp³-hybridized carbons (Fsp3) is 0.571. The standard InChI is InChI=1S/C49H65N9O16/c1-25-21-58-40(41(25)64)45(68)52-19-29(60)17-31(53-48(71)74-49(3,4)5)42(65)54-37(26(2)59)46(69)57-22-30(61)18-32(57)43(66)55-38(44(67)56-39(47(58)70)34(63)20-50-6)33(62)15-28-13-14-35(36(16-28)73-24-51-7)72-23-27-11-9-8-10-12-27/h8-14,16,25-26,29-34,37-41,59-64H,15,17-24H2,1-5H3,(H,52,68)(H,53,71)(H,54,65)(H,55,66)(H,56,67)/t25-,26+,29+,30+,31-,32-,33+,34+,37-,38-,39-,40-,41-/m0/s1. The van der Waals surface area contributed by atoms with Crippen LogP contribution in [-0.4, -0.2) is 193 Å². The third-order valence-electron chi connectivity index (χ3n) is 12.4. The number of nitrogens with one attached hydrogen (secondary N) is 5. The van der Waals surface area contributed by atoms with Crippen molar-refractivity contribution in [2.24, 2.45) is 5.92 Å². The van der Waals surface area contributed by atoms with Crippen molar-refractivity contribution in [3.05, 3.63) is 82.5 Å². The first kappa shape index (κ1) is 57.8. The molecule has 0 aromatic heterocycles. The molecule has 0 spiro atoms. The maximum atomic E-state index is 14.6. The van der Waals surface area contributed by atoms with Crippen LogP contribution >= 0.6 is 0 Å². The van der Waals surface area contributed by atoms with Gasteiger partial charge in [-0.25, -0.2) is 17.9 Å². The number of rotatable bonds is 12. The van der Waals surface area contributed by atoms with Crippen LogP contribution < -0.4 is 36.1 Å². The van der Waals surface area contributed by atoms with Crippen molar-refractivity contribution >= 4 is 41.5 Å². The maximum absolute atomic E-state index is 14.6. The van der Waals surface area contributed by atoms with E-state index in [0.717, 1.165) is 22.3 Å². The van der Waals surface area contributed by atoms with E-state index in [1.807, 2.05) is 30.3 Å².